The maximum Gasteiger partial charge on any atom is 0.315 e. The second-order valence-electron chi connectivity index (χ2n) is 4.38. The molecule has 0 saturated heterocycles. The minimum atomic E-state index is 0.0769. The molecule has 0 radical (unpaired) electrons. The van der Waals surface area contributed by atoms with Crippen LogP contribution in [0, 0.1) is 0 Å². The van der Waals surface area contributed by atoms with E-state index in [9.17, 15) is 0 Å². The van der Waals surface area contributed by atoms with Crippen LogP contribution in [-0.4, -0.2) is 23.3 Å². The lowest BCUT2D eigenvalue weighted by atomic mass is 10.3. The first-order valence-corrected chi connectivity index (χ1v) is 6.62. The molecular weight excluding hydrogens is 244 g/mol. The lowest BCUT2D eigenvalue weighted by Crippen LogP contribution is -2.19. The normalized spacial score (nSPS) is 12.5. The van der Waals surface area contributed by atoms with Crippen molar-refractivity contribution in [1.29, 1.82) is 0 Å². The smallest absolute Gasteiger partial charge is 0.315 e. The third-order valence-electron chi connectivity index (χ3n) is 2.74. The summed E-state index contributed by atoms with van der Waals surface area (Å²) in [4.78, 5) is 0. The van der Waals surface area contributed by atoms with E-state index in [0.717, 1.165) is 25.1 Å². The van der Waals surface area contributed by atoms with Gasteiger partial charge in [0.25, 0.3) is 0 Å². The van der Waals surface area contributed by atoms with E-state index >= 15 is 0 Å². The molecule has 0 aliphatic carbocycles. The van der Waals surface area contributed by atoms with Gasteiger partial charge in [0, 0.05) is 13.0 Å². The first kappa shape index (κ1) is 13.6. The molecule has 0 aromatic carbocycles. The Morgan fingerprint density at radius 2 is 2.21 bits per heavy atom. The van der Waals surface area contributed by atoms with Crippen molar-refractivity contribution in [3.8, 4) is 0 Å². The maximum atomic E-state index is 5.54. The number of nitrogens with one attached hydrogen (secondary N) is 2. The predicted molar refractivity (Wildman–Crippen MR) is 71.9 cm³/mol. The molecule has 0 fully saturated rings. The summed E-state index contributed by atoms with van der Waals surface area (Å²) < 4.78 is 10.8. The van der Waals surface area contributed by atoms with E-state index < -0.39 is 0 Å². The van der Waals surface area contributed by atoms with E-state index in [-0.39, 0.29) is 6.04 Å². The van der Waals surface area contributed by atoms with Crippen LogP contribution in [0.4, 0.5) is 6.01 Å². The summed E-state index contributed by atoms with van der Waals surface area (Å²) in [5.74, 6) is 1.54. The lowest BCUT2D eigenvalue weighted by molar-refractivity contribution is 0.422. The average Bonchev–Trinajstić information content (AvgIpc) is 3.07. The summed E-state index contributed by atoms with van der Waals surface area (Å²) >= 11 is 0. The van der Waals surface area contributed by atoms with E-state index in [4.69, 9.17) is 8.83 Å². The van der Waals surface area contributed by atoms with Crippen molar-refractivity contribution in [2.45, 2.75) is 32.7 Å². The Morgan fingerprint density at radius 1 is 1.32 bits per heavy atom. The van der Waals surface area contributed by atoms with Crippen molar-refractivity contribution in [2.75, 3.05) is 18.4 Å². The fourth-order valence-corrected chi connectivity index (χ4v) is 1.68. The number of furan rings is 1. The Kier molecular flexibility index (Phi) is 4.97. The van der Waals surface area contributed by atoms with Crippen molar-refractivity contribution < 1.29 is 8.83 Å². The number of hydrogen-bond acceptors (Lipinski definition) is 6. The Morgan fingerprint density at radius 3 is 2.95 bits per heavy atom. The molecule has 2 rings (SSSR count). The molecule has 2 aromatic rings. The largest absolute Gasteiger partial charge is 0.469 e. The molecule has 0 aliphatic rings. The molecule has 6 nitrogen and oxygen atoms in total. The highest BCUT2D eigenvalue weighted by Crippen LogP contribution is 2.13. The van der Waals surface area contributed by atoms with Gasteiger partial charge in [-0.2, -0.15) is 0 Å². The first-order chi connectivity index (χ1) is 9.29. The minimum absolute atomic E-state index is 0.0769. The quantitative estimate of drug-likeness (QED) is 0.762. The molecule has 0 saturated carbocycles. The van der Waals surface area contributed by atoms with Gasteiger partial charge in [0.05, 0.1) is 12.3 Å². The van der Waals surface area contributed by atoms with Gasteiger partial charge in [-0.25, -0.2) is 0 Å². The van der Waals surface area contributed by atoms with Crippen LogP contribution >= 0.6 is 0 Å². The SMILES string of the molecule is CCCNC(C)c1nnc(NCCc2ccco2)o1. The highest BCUT2D eigenvalue weighted by Gasteiger charge is 2.12. The maximum absolute atomic E-state index is 5.54. The summed E-state index contributed by atoms with van der Waals surface area (Å²) in [5.41, 5.74) is 0. The fraction of sp³-hybridized carbons (Fsp3) is 0.538. The topological polar surface area (TPSA) is 76.1 Å². The zero-order valence-corrected chi connectivity index (χ0v) is 11.3. The van der Waals surface area contributed by atoms with Gasteiger partial charge in [0.1, 0.15) is 5.76 Å². The molecule has 0 spiro atoms. The van der Waals surface area contributed by atoms with Gasteiger partial charge >= 0.3 is 6.01 Å². The molecular formula is C13H20N4O2. The van der Waals surface area contributed by atoms with Gasteiger partial charge in [-0.3, -0.25) is 0 Å². The molecule has 6 heteroatoms. The number of nitrogens with zero attached hydrogens (tertiary/aromatic N) is 2. The van der Waals surface area contributed by atoms with Crippen LogP contribution in [0.1, 0.15) is 38.0 Å². The standard InChI is InChI=1S/C13H20N4O2/c1-3-7-14-10(2)12-16-17-13(19-12)15-8-6-11-5-4-9-18-11/h4-5,9-10,14H,3,6-8H2,1-2H3,(H,15,17). The molecule has 2 heterocycles. The van der Waals surface area contributed by atoms with Gasteiger partial charge in [0.2, 0.25) is 5.89 Å². The molecule has 1 unspecified atom stereocenters. The van der Waals surface area contributed by atoms with Gasteiger partial charge in [0.15, 0.2) is 0 Å². The first-order valence-electron chi connectivity index (χ1n) is 6.62. The molecule has 104 valence electrons. The minimum Gasteiger partial charge on any atom is -0.469 e. The average molecular weight is 264 g/mol. The molecule has 2 aromatic heterocycles. The lowest BCUT2D eigenvalue weighted by Gasteiger charge is -2.07. The Balaban J connectivity index is 1.77. The third-order valence-corrected chi connectivity index (χ3v) is 2.74. The van der Waals surface area contributed by atoms with E-state index in [1.807, 2.05) is 19.1 Å². The van der Waals surface area contributed by atoms with Crippen molar-refractivity contribution in [1.82, 2.24) is 15.5 Å². The van der Waals surface area contributed by atoms with Crippen LogP contribution < -0.4 is 10.6 Å². The molecule has 0 amide bonds. The molecule has 2 N–H and O–H groups in total. The van der Waals surface area contributed by atoms with Crippen LogP contribution in [0.25, 0.3) is 0 Å². The molecule has 1 atom stereocenters. The predicted octanol–water partition coefficient (Wildman–Crippen LogP) is 2.38. The van der Waals surface area contributed by atoms with E-state index in [2.05, 4.69) is 27.8 Å². The van der Waals surface area contributed by atoms with Gasteiger partial charge in [-0.05, 0) is 32.0 Å². The molecule has 19 heavy (non-hydrogen) atoms. The fourth-order valence-electron chi connectivity index (χ4n) is 1.68. The second-order valence-corrected chi connectivity index (χ2v) is 4.38. The van der Waals surface area contributed by atoms with Crippen molar-refractivity contribution >= 4 is 6.01 Å². The monoisotopic (exact) mass is 264 g/mol. The van der Waals surface area contributed by atoms with Crippen LogP contribution in [0.3, 0.4) is 0 Å². The van der Waals surface area contributed by atoms with Crippen molar-refractivity contribution in [3.05, 3.63) is 30.0 Å². The van der Waals surface area contributed by atoms with Crippen molar-refractivity contribution in [3.63, 3.8) is 0 Å². The van der Waals surface area contributed by atoms with E-state index in [1.54, 1.807) is 6.26 Å². The summed E-state index contributed by atoms with van der Waals surface area (Å²) in [6.45, 7) is 5.77. The Hall–Kier alpha value is -1.82. The van der Waals surface area contributed by atoms with Crippen LogP contribution in [0.5, 0.6) is 0 Å². The highest BCUT2D eigenvalue weighted by atomic mass is 16.4. The van der Waals surface area contributed by atoms with Crippen LogP contribution in [0.2, 0.25) is 0 Å². The van der Waals surface area contributed by atoms with Gasteiger partial charge in [-0.1, -0.05) is 12.0 Å². The molecule has 0 aliphatic heterocycles. The van der Waals surface area contributed by atoms with Crippen LogP contribution in [0.15, 0.2) is 27.2 Å². The summed E-state index contributed by atoms with van der Waals surface area (Å²) in [7, 11) is 0. The third kappa shape index (κ3) is 4.10. The number of rotatable bonds is 8. The number of aromatic nitrogens is 2. The Labute approximate surface area is 112 Å². The van der Waals surface area contributed by atoms with Gasteiger partial charge < -0.3 is 19.5 Å². The highest BCUT2D eigenvalue weighted by molar-refractivity contribution is 5.18. The zero-order valence-electron chi connectivity index (χ0n) is 11.3. The second kappa shape index (κ2) is 6.94. The van der Waals surface area contributed by atoms with Crippen molar-refractivity contribution in [2.24, 2.45) is 0 Å². The van der Waals surface area contributed by atoms with Gasteiger partial charge in [-0.15, -0.1) is 5.10 Å². The zero-order chi connectivity index (χ0) is 13.5. The molecule has 0 bridgehead atoms. The Bertz CT molecular complexity index is 467. The summed E-state index contributed by atoms with van der Waals surface area (Å²) in [5, 5.41) is 14.4. The van der Waals surface area contributed by atoms with Crippen LogP contribution in [-0.2, 0) is 6.42 Å². The van der Waals surface area contributed by atoms with E-state index in [1.165, 1.54) is 0 Å². The number of hydrogen-bond donors (Lipinski definition) is 2. The summed E-state index contributed by atoms with van der Waals surface area (Å²) in [6.07, 6.45) is 3.53. The van der Waals surface area contributed by atoms with E-state index in [0.29, 0.717) is 18.5 Å². The summed E-state index contributed by atoms with van der Waals surface area (Å²) in [6, 6.07) is 4.35. The number of anilines is 1.